The van der Waals surface area contributed by atoms with Gasteiger partial charge in [0.05, 0.1) is 17.5 Å². The van der Waals surface area contributed by atoms with E-state index in [1.165, 1.54) is 12.1 Å². The Balaban J connectivity index is 2.43. The number of benzene rings is 1. The summed E-state index contributed by atoms with van der Waals surface area (Å²) in [4.78, 5) is 0. The lowest BCUT2D eigenvalue weighted by atomic mass is 9.78. The molecule has 1 aliphatic rings. The molecule has 1 fully saturated rings. The van der Waals surface area contributed by atoms with Crippen LogP contribution in [0.25, 0.3) is 0 Å². The number of halogens is 2. The van der Waals surface area contributed by atoms with E-state index in [0.29, 0.717) is 5.46 Å². The fraction of sp³-hybridized carbons (Fsp3) is 0.571. The fourth-order valence-corrected chi connectivity index (χ4v) is 2.74. The van der Waals surface area contributed by atoms with Crippen LogP contribution in [-0.4, -0.2) is 33.0 Å². The first kappa shape index (κ1) is 18.2. The van der Waals surface area contributed by atoms with E-state index >= 15 is 0 Å². The number of hydrogen-bond donors (Lipinski definition) is 1. The van der Waals surface area contributed by atoms with Crippen LogP contribution >= 0.6 is 0 Å². The Kier molecular flexibility index (Phi) is 4.51. The zero-order valence-electron chi connectivity index (χ0n) is 13.7. The Morgan fingerprint density at radius 2 is 1.61 bits per heavy atom. The molecule has 1 saturated heterocycles. The third kappa shape index (κ3) is 4.02. The highest BCUT2D eigenvalue weighted by Crippen LogP contribution is 2.37. The maximum absolute atomic E-state index is 13.1. The highest BCUT2D eigenvalue weighted by atomic mass is 32.2. The standard InChI is InChI=1S/C14H20BF2NO4S/c1-13(2)14(3,4)22-15(21-13)10-6-9(12(16)17)7-11(8-10)18-23(5,19)20/h6-8,12,18H,1-5H3. The van der Waals surface area contributed by atoms with Gasteiger partial charge in [0, 0.05) is 11.3 Å². The van der Waals surface area contributed by atoms with Crippen LogP contribution in [0.3, 0.4) is 0 Å². The number of sulfonamides is 1. The van der Waals surface area contributed by atoms with E-state index in [1.807, 2.05) is 27.7 Å². The van der Waals surface area contributed by atoms with Gasteiger partial charge in [-0.05, 0) is 45.3 Å². The molecule has 1 aliphatic heterocycles. The highest BCUT2D eigenvalue weighted by molar-refractivity contribution is 7.92. The lowest BCUT2D eigenvalue weighted by Crippen LogP contribution is -2.41. The van der Waals surface area contributed by atoms with Crippen molar-refractivity contribution >= 4 is 28.3 Å². The summed E-state index contributed by atoms with van der Waals surface area (Å²) < 4.78 is 62.8. The fourth-order valence-electron chi connectivity index (χ4n) is 2.19. The predicted molar refractivity (Wildman–Crippen MR) is 85.6 cm³/mol. The summed E-state index contributed by atoms with van der Waals surface area (Å²) >= 11 is 0. The van der Waals surface area contributed by atoms with Gasteiger partial charge in [0.2, 0.25) is 10.0 Å². The van der Waals surface area contributed by atoms with Crippen LogP contribution in [0.1, 0.15) is 39.7 Å². The van der Waals surface area contributed by atoms with Gasteiger partial charge in [-0.1, -0.05) is 6.07 Å². The van der Waals surface area contributed by atoms with Crippen molar-refractivity contribution < 1.29 is 26.5 Å². The molecule has 0 aliphatic carbocycles. The van der Waals surface area contributed by atoms with E-state index in [0.717, 1.165) is 12.3 Å². The second-order valence-electron chi connectivity index (χ2n) is 6.65. The molecule has 0 saturated carbocycles. The van der Waals surface area contributed by atoms with Gasteiger partial charge in [-0.15, -0.1) is 0 Å². The lowest BCUT2D eigenvalue weighted by Gasteiger charge is -2.32. The van der Waals surface area contributed by atoms with Gasteiger partial charge in [0.1, 0.15) is 0 Å². The van der Waals surface area contributed by atoms with Gasteiger partial charge in [0.15, 0.2) is 0 Å². The maximum atomic E-state index is 13.1. The van der Waals surface area contributed by atoms with Gasteiger partial charge in [-0.25, -0.2) is 17.2 Å². The minimum Gasteiger partial charge on any atom is -0.399 e. The van der Waals surface area contributed by atoms with Crippen LogP contribution in [0.15, 0.2) is 18.2 Å². The molecule has 2 rings (SSSR count). The summed E-state index contributed by atoms with van der Waals surface area (Å²) in [6.07, 6.45) is -1.78. The Hall–Kier alpha value is -1.19. The average Bonchev–Trinajstić information content (AvgIpc) is 2.56. The topological polar surface area (TPSA) is 64.6 Å². The molecule has 128 valence electrons. The number of nitrogens with one attached hydrogen (secondary N) is 1. The first-order valence-corrected chi connectivity index (χ1v) is 8.96. The van der Waals surface area contributed by atoms with Crippen molar-refractivity contribution in [3.05, 3.63) is 23.8 Å². The second kappa shape index (κ2) is 5.72. The van der Waals surface area contributed by atoms with Crippen molar-refractivity contribution in [2.45, 2.75) is 45.3 Å². The zero-order valence-corrected chi connectivity index (χ0v) is 14.5. The minimum atomic E-state index is -3.58. The largest absolute Gasteiger partial charge is 0.494 e. The molecule has 0 radical (unpaired) electrons. The average molecular weight is 347 g/mol. The van der Waals surface area contributed by atoms with Crippen molar-refractivity contribution in [3.8, 4) is 0 Å². The normalized spacial score (nSPS) is 20.1. The Bertz CT molecular complexity index is 691. The lowest BCUT2D eigenvalue weighted by molar-refractivity contribution is 0.00578. The van der Waals surface area contributed by atoms with Gasteiger partial charge in [-0.3, -0.25) is 4.72 Å². The van der Waals surface area contributed by atoms with E-state index in [9.17, 15) is 17.2 Å². The number of rotatable bonds is 4. The van der Waals surface area contributed by atoms with E-state index in [1.54, 1.807) is 0 Å². The number of anilines is 1. The summed E-state index contributed by atoms with van der Waals surface area (Å²) in [5.74, 6) is 0. The first-order chi connectivity index (χ1) is 10.3. The van der Waals surface area contributed by atoms with Crippen LogP contribution in [-0.2, 0) is 19.3 Å². The summed E-state index contributed by atoms with van der Waals surface area (Å²) in [6, 6.07) is 3.80. The SMILES string of the molecule is CC1(C)OB(c2cc(NS(C)(=O)=O)cc(C(F)F)c2)OC1(C)C. The molecule has 5 nitrogen and oxygen atoms in total. The van der Waals surface area contributed by atoms with Crippen LogP contribution < -0.4 is 10.2 Å². The van der Waals surface area contributed by atoms with Crippen molar-refractivity contribution in [2.75, 3.05) is 11.0 Å². The maximum Gasteiger partial charge on any atom is 0.494 e. The molecule has 1 heterocycles. The molecule has 1 aromatic carbocycles. The Morgan fingerprint density at radius 3 is 2.04 bits per heavy atom. The van der Waals surface area contributed by atoms with Gasteiger partial charge in [-0.2, -0.15) is 0 Å². The molecule has 1 aromatic rings. The van der Waals surface area contributed by atoms with Gasteiger partial charge >= 0.3 is 7.12 Å². The predicted octanol–water partition coefficient (Wildman–Crippen LogP) is 2.29. The third-order valence-electron chi connectivity index (χ3n) is 4.06. The van der Waals surface area contributed by atoms with Gasteiger partial charge < -0.3 is 9.31 Å². The number of hydrogen-bond acceptors (Lipinski definition) is 4. The second-order valence-corrected chi connectivity index (χ2v) is 8.40. The molecule has 1 N–H and O–H groups in total. The zero-order chi connectivity index (χ0) is 17.6. The summed E-state index contributed by atoms with van der Waals surface area (Å²) in [5, 5.41) is 0. The molecular formula is C14H20BF2NO4S. The summed E-state index contributed by atoms with van der Waals surface area (Å²) in [7, 11) is -4.43. The highest BCUT2D eigenvalue weighted by Gasteiger charge is 2.51. The molecule has 9 heteroatoms. The van der Waals surface area contributed by atoms with Crippen LogP contribution in [0, 0.1) is 0 Å². The molecule has 0 bridgehead atoms. The van der Waals surface area contributed by atoms with Crippen molar-refractivity contribution in [1.29, 1.82) is 0 Å². The summed E-state index contributed by atoms with van der Waals surface area (Å²) in [6.45, 7) is 7.39. The van der Waals surface area contributed by atoms with E-state index < -0.39 is 34.8 Å². The van der Waals surface area contributed by atoms with Crippen molar-refractivity contribution in [2.24, 2.45) is 0 Å². The quantitative estimate of drug-likeness (QED) is 0.849. The molecule has 23 heavy (non-hydrogen) atoms. The van der Waals surface area contributed by atoms with Crippen molar-refractivity contribution in [3.63, 3.8) is 0 Å². The molecule has 0 unspecified atom stereocenters. The van der Waals surface area contributed by atoms with Crippen molar-refractivity contribution in [1.82, 2.24) is 0 Å². The molecule has 0 aromatic heterocycles. The van der Waals surface area contributed by atoms with E-state index in [4.69, 9.17) is 9.31 Å². The molecular weight excluding hydrogens is 327 g/mol. The number of alkyl halides is 2. The Labute approximate surface area is 135 Å². The molecule has 0 amide bonds. The van der Waals surface area contributed by atoms with Crippen LogP contribution in [0.4, 0.5) is 14.5 Å². The van der Waals surface area contributed by atoms with Crippen LogP contribution in [0.2, 0.25) is 0 Å². The Morgan fingerprint density at radius 1 is 1.09 bits per heavy atom. The van der Waals surface area contributed by atoms with E-state index in [2.05, 4.69) is 4.72 Å². The third-order valence-corrected chi connectivity index (χ3v) is 4.66. The summed E-state index contributed by atoms with van der Waals surface area (Å²) in [5.41, 5.74) is -1.16. The first-order valence-electron chi connectivity index (χ1n) is 7.07. The van der Waals surface area contributed by atoms with E-state index in [-0.39, 0.29) is 11.3 Å². The monoisotopic (exact) mass is 347 g/mol. The smallest absolute Gasteiger partial charge is 0.399 e. The molecule has 0 spiro atoms. The minimum absolute atomic E-state index is 0.0509. The van der Waals surface area contributed by atoms with Gasteiger partial charge in [0.25, 0.3) is 6.43 Å². The van der Waals surface area contributed by atoms with Crippen LogP contribution in [0.5, 0.6) is 0 Å². The molecule has 0 atom stereocenters.